The predicted molar refractivity (Wildman–Crippen MR) is 79.3 cm³/mol. The first kappa shape index (κ1) is 16.1. The summed E-state index contributed by atoms with van der Waals surface area (Å²) in [6, 6.07) is 5.58. The molecule has 0 saturated carbocycles. The lowest BCUT2D eigenvalue weighted by molar-refractivity contribution is -0.121. The van der Waals surface area contributed by atoms with Gasteiger partial charge in [-0.2, -0.15) is 5.10 Å². The van der Waals surface area contributed by atoms with Gasteiger partial charge < -0.3 is 5.32 Å². The third-order valence-electron chi connectivity index (χ3n) is 3.31. The second-order valence-corrected chi connectivity index (χ2v) is 5.46. The molecule has 22 heavy (non-hydrogen) atoms. The first-order valence-electron chi connectivity index (χ1n) is 7.18. The highest BCUT2D eigenvalue weighted by Gasteiger charge is 2.11. The van der Waals surface area contributed by atoms with Gasteiger partial charge in [-0.25, -0.2) is 8.78 Å². The van der Waals surface area contributed by atoms with E-state index in [1.54, 1.807) is 0 Å². The number of rotatable bonds is 6. The van der Waals surface area contributed by atoms with Crippen LogP contribution in [-0.4, -0.2) is 22.1 Å². The number of aryl methyl sites for hydroxylation is 2. The fourth-order valence-electron chi connectivity index (χ4n) is 2.24. The van der Waals surface area contributed by atoms with Crippen molar-refractivity contribution in [3.05, 3.63) is 52.9 Å². The van der Waals surface area contributed by atoms with Gasteiger partial charge in [-0.15, -0.1) is 0 Å². The Kier molecular flexibility index (Phi) is 5.25. The summed E-state index contributed by atoms with van der Waals surface area (Å²) in [5, 5.41) is 9.85. The number of halogens is 2. The fourth-order valence-corrected chi connectivity index (χ4v) is 2.24. The van der Waals surface area contributed by atoms with Crippen molar-refractivity contribution < 1.29 is 13.6 Å². The standard InChI is InChI=1S/C16H19F2N3O/c1-10(7-13-8-11(2)20-21-13)19-16(22)6-4-12-3-5-14(17)15(18)9-12/h3,5,8-10H,4,6-7H2,1-2H3,(H,19,22)(H,20,21)/t10-/m1/s1. The predicted octanol–water partition coefficient (Wildman–Crippen LogP) is 2.68. The van der Waals surface area contributed by atoms with Crippen LogP contribution in [-0.2, 0) is 17.6 Å². The minimum absolute atomic E-state index is 0.0415. The van der Waals surface area contributed by atoms with E-state index in [4.69, 9.17) is 0 Å². The summed E-state index contributed by atoms with van der Waals surface area (Å²) in [5.74, 6) is -1.89. The van der Waals surface area contributed by atoms with Gasteiger partial charge in [-0.3, -0.25) is 9.89 Å². The van der Waals surface area contributed by atoms with Gasteiger partial charge in [0, 0.05) is 24.6 Å². The lowest BCUT2D eigenvalue weighted by atomic mass is 10.1. The summed E-state index contributed by atoms with van der Waals surface area (Å²) < 4.78 is 25.9. The van der Waals surface area contributed by atoms with Gasteiger partial charge in [0.15, 0.2) is 11.6 Å². The van der Waals surface area contributed by atoms with Gasteiger partial charge >= 0.3 is 0 Å². The quantitative estimate of drug-likeness (QED) is 0.862. The molecular formula is C16H19F2N3O. The minimum Gasteiger partial charge on any atom is -0.353 e. The number of benzene rings is 1. The Labute approximate surface area is 127 Å². The maximum absolute atomic E-state index is 13.1. The smallest absolute Gasteiger partial charge is 0.220 e. The maximum Gasteiger partial charge on any atom is 0.220 e. The van der Waals surface area contributed by atoms with Gasteiger partial charge in [0.25, 0.3) is 0 Å². The summed E-state index contributed by atoms with van der Waals surface area (Å²) >= 11 is 0. The molecule has 1 atom stereocenters. The first-order chi connectivity index (χ1) is 10.4. The van der Waals surface area contributed by atoms with E-state index in [0.29, 0.717) is 18.4 Å². The molecule has 4 nitrogen and oxygen atoms in total. The van der Waals surface area contributed by atoms with Crippen molar-refractivity contribution >= 4 is 5.91 Å². The third-order valence-corrected chi connectivity index (χ3v) is 3.31. The molecular weight excluding hydrogens is 288 g/mol. The molecule has 0 spiro atoms. The van der Waals surface area contributed by atoms with E-state index in [1.165, 1.54) is 6.07 Å². The van der Waals surface area contributed by atoms with Crippen molar-refractivity contribution in [3.63, 3.8) is 0 Å². The molecule has 0 fully saturated rings. The van der Waals surface area contributed by atoms with Crippen LogP contribution in [0.1, 0.15) is 30.3 Å². The second-order valence-electron chi connectivity index (χ2n) is 5.46. The Morgan fingerprint density at radius 1 is 1.32 bits per heavy atom. The van der Waals surface area contributed by atoms with Crippen LogP contribution in [0.4, 0.5) is 8.78 Å². The van der Waals surface area contributed by atoms with Crippen LogP contribution >= 0.6 is 0 Å². The van der Waals surface area contributed by atoms with E-state index in [1.807, 2.05) is 19.9 Å². The molecule has 2 aromatic rings. The zero-order valence-corrected chi connectivity index (χ0v) is 12.6. The highest BCUT2D eigenvalue weighted by atomic mass is 19.2. The Morgan fingerprint density at radius 3 is 2.73 bits per heavy atom. The molecule has 1 aromatic carbocycles. The Bertz CT molecular complexity index is 655. The van der Waals surface area contributed by atoms with Crippen LogP contribution in [0, 0.1) is 18.6 Å². The maximum atomic E-state index is 13.1. The molecule has 1 amide bonds. The molecule has 6 heteroatoms. The lowest BCUT2D eigenvalue weighted by Gasteiger charge is -2.12. The van der Waals surface area contributed by atoms with Crippen molar-refractivity contribution in [1.29, 1.82) is 0 Å². The molecule has 2 N–H and O–H groups in total. The third kappa shape index (κ3) is 4.65. The number of aromatic nitrogens is 2. The molecule has 0 aliphatic carbocycles. The molecule has 118 valence electrons. The van der Waals surface area contributed by atoms with Gasteiger partial charge in [0.2, 0.25) is 5.91 Å². The van der Waals surface area contributed by atoms with Crippen LogP contribution in [0.15, 0.2) is 24.3 Å². The number of nitrogens with one attached hydrogen (secondary N) is 2. The van der Waals surface area contributed by atoms with Crippen molar-refractivity contribution in [2.45, 2.75) is 39.2 Å². The molecule has 0 aliphatic rings. The summed E-state index contributed by atoms with van der Waals surface area (Å²) in [6.07, 6.45) is 1.24. The lowest BCUT2D eigenvalue weighted by Crippen LogP contribution is -2.34. The van der Waals surface area contributed by atoms with Crippen molar-refractivity contribution in [1.82, 2.24) is 15.5 Å². The number of carbonyl (C=O) groups is 1. The van der Waals surface area contributed by atoms with E-state index in [0.717, 1.165) is 23.5 Å². The number of nitrogens with zero attached hydrogens (tertiary/aromatic N) is 1. The topological polar surface area (TPSA) is 57.8 Å². The van der Waals surface area contributed by atoms with Crippen LogP contribution < -0.4 is 5.32 Å². The van der Waals surface area contributed by atoms with Crippen LogP contribution in [0.3, 0.4) is 0 Å². The summed E-state index contributed by atoms with van der Waals surface area (Å²) in [6.45, 7) is 3.82. The average Bonchev–Trinajstić information content (AvgIpc) is 2.85. The fraction of sp³-hybridized carbons (Fsp3) is 0.375. The summed E-state index contributed by atoms with van der Waals surface area (Å²) in [5.41, 5.74) is 2.47. The number of hydrogen-bond acceptors (Lipinski definition) is 2. The minimum atomic E-state index is -0.889. The van der Waals surface area contributed by atoms with Crippen molar-refractivity contribution in [3.8, 4) is 0 Å². The highest BCUT2D eigenvalue weighted by Crippen LogP contribution is 2.10. The molecule has 1 aromatic heterocycles. The SMILES string of the molecule is Cc1cc(C[C@@H](C)NC(=O)CCc2ccc(F)c(F)c2)n[nH]1. The summed E-state index contributed by atoms with van der Waals surface area (Å²) in [4.78, 5) is 11.9. The van der Waals surface area contributed by atoms with Gasteiger partial charge in [-0.05, 0) is 44.0 Å². The van der Waals surface area contributed by atoms with Crippen molar-refractivity contribution in [2.75, 3.05) is 0 Å². The summed E-state index contributed by atoms with van der Waals surface area (Å²) in [7, 11) is 0. The van der Waals surface area contributed by atoms with Crippen LogP contribution in [0.5, 0.6) is 0 Å². The number of hydrogen-bond donors (Lipinski definition) is 2. The van der Waals surface area contributed by atoms with E-state index in [2.05, 4.69) is 15.5 Å². The van der Waals surface area contributed by atoms with E-state index in [9.17, 15) is 13.6 Å². The Morgan fingerprint density at radius 2 is 2.09 bits per heavy atom. The zero-order chi connectivity index (χ0) is 16.1. The number of amides is 1. The molecule has 0 unspecified atom stereocenters. The normalized spacial score (nSPS) is 12.2. The largest absolute Gasteiger partial charge is 0.353 e. The average molecular weight is 307 g/mol. The van der Waals surface area contributed by atoms with Crippen LogP contribution in [0.25, 0.3) is 0 Å². The Hall–Kier alpha value is -2.24. The van der Waals surface area contributed by atoms with E-state index >= 15 is 0 Å². The highest BCUT2D eigenvalue weighted by molar-refractivity contribution is 5.76. The molecule has 0 aliphatic heterocycles. The number of H-pyrrole nitrogens is 1. The van der Waals surface area contributed by atoms with Gasteiger partial charge in [-0.1, -0.05) is 6.07 Å². The molecule has 0 bridgehead atoms. The number of carbonyl (C=O) groups excluding carboxylic acids is 1. The monoisotopic (exact) mass is 307 g/mol. The number of aromatic amines is 1. The zero-order valence-electron chi connectivity index (χ0n) is 12.6. The van der Waals surface area contributed by atoms with Crippen molar-refractivity contribution in [2.24, 2.45) is 0 Å². The van der Waals surface area contributed by atoms with E-state index < -0.39 is 11.6 Å². The molecule has 0 radical (unpaired) electrons. The van der Waals surface area contributed by atoms with E-state index in [-0.39, 0.29) is 18.4 Å². The molecule has 1 heterocycles. The second kappa shape index (κ2) is 7.15. The Balaban J connectivity index is 1.78. The van der Waals surface area contributed by atoms with Gasteiger partial charge in [0.05, 0.1) is 5.69 Å². The molecule has 0 saturated heterocycles. The first-order valence-corrected chi connectivity index (χ1v) is 7.18. The molecule has 2 rings (SSSR count). The van der Waals surface area contributed by atoms with Gasteiger partial charge in [0.1, 0.15) is 0 Å². The van der Waals surface area contributed by atoms with Crippen LogP contribution in [0.2, 0.25) is 0 Å².